The number of hydrogen-bond donors (Lipinski definition) is 1. The lowest BCUT2D eigenvalue weighted by Crippen LogP contribution is -2.36. The van der Waals surface area contributed by atoms with Gasteiger partial charge in [0.25, 0.3) is 0 Å². The van der Waals surface area contributed by atoms with Gasteiger partial charge in [-0.15, -0.1) is 0 Å². The second kappa shape index (κ2) is 4.23. The highest BCUT2D eigenvalue weighted by atomic mass is 16.6. The van der Waals surface area contributed by atoms with E-state index in [0.717, 1.165) is 5.56 Å². The van der Waals surface area contributed by atoms with Gasteiger partial charge in [-0.3, -0.25) is 0 Å². The maximum absolute atomic E-state index is 11.5. The zero-order valence-electron chi connectivity index (χ0n) is 9.05. The number of carbonyl (C=O) groups excluding carboxylic acids is 1. The molecule has 2 atom stereocenters. The van der Waals surface area contributed by atoms with E-state index in [9.17, 15) is 9.90 Å². The molecule has 0 unspecified atom stereocenters. The molecule has 4 nitrogen and oxygen atoms in total. The number of ether oxygens (including phenoxy) is 2. The molecule has 1 N–H and O–H groups in total. The lowest BCUT2D eigenvalue weighted by molar-refractivity contribution is -0.158. The van der Waals surface area contributed by atoms with Crippen LogP contribution in [0.5, 0.6) is 0 Å². The van der Waals surface area contributed by atoms with E-state index in [4.69, 9.17) is 9.47 Å². The van der Waals surface area contributed by atoms with Crippen LogP contribution in [-0.4, -0.2) is 29.4 Å². The van der Waals surface area contributed by atoms with Crippen molar-refractivity contribution in [2.45, 2.75) is 25.2 Å². The molecule has 0 amide bonds. The Morgan fingerprint density at radius 2 is 2.19 bits per heavy atom. The van der Waals surface area contributed by atoms with Gasteiger partial charge >= 0.3 is 5.97 Å². The highest BCUT2D eigenvalue weighted by Crippen LogP contribution is 2.30. The number of aliphatic hydroxyl groups excluding tert-OH is 1. The SMILES string of the molecule is C[C@]1([C@@H](O)C(=O)OCc2ccccc2)CO1. The van der Waals surface area contributed by atoms with Gasteiger partial charge < -0.3 is 14.6 Å². The standard InChI is InChI=1S/C12H14O4/c1-12(8-16-12)10(13)11(14)15-7-9-5-3-2-4-6-9/h2-6,10,13H,7-8H2,1H3/t10-,12+/m0/s1. The molecule has 4 heteroatoms. The molecule has 1 saturated heterocycles. The Labute approximate surface area is 93.8 Å². The van der Waals surface area contributed by atoms with Gasteiger partial charge in [-0.2, -0.15) is 0 Å². The van der Waals surface area contributed by atoms with E-state index in [1.807, 2.05) is 30.3 Å². The van der Waals surface area contributed by atoms with Crippen molar-refractivity contribution in [3.05, 3.63) is 35.9 Å². The highest BCUT2D eigenvalue weighted by Gasteiger charge is 2.50. The lowest BCUT2D eigenvalue weighted by atomic mass is 10.1. The average Bonchev–Trinajstić information content (AvgIpc) is 3.06. The summed E-state index contributed by atoms with van der Waals surface area (Å²) in [5.74, 6) is -0.635. The van der Waals surface area contributed by atoms with E-state index in [0.29, 0.717) is 6.61 Å². The van der Waals surface area contributed by atoms with Crippen molar-refractivity contribution >= 4 is 5.97 Å². The fraction of sp³-hybridized carbons (Fsp3) is 0.417. The van der Waals surface area contributed by atoms with Crippen LogP contribution in [0.4, 0.5) is 0 Å². The first-order valence-electron chi connectivity index (χ1n) is 5.14. The topological polar surface area (TPSA) is 59.1 Å². The van der Waals surface area contributed by atoms with Crippen LogP contribution in [0.3, 0.4) is 0 Å². The molecule has 86 valence electrons. The van der Waals surface area contributed by atoms with E-state index in [2.05, 4.69) is 0 Å². The Hall–Kier alpha value is -1.39. The summed E-state index contributed by atoms with van der Waals surface area (Å²) in [7, 11) is 0. The minimum absolute atomic E-state index is 0.173. The molecular weight excluding hydrogens is 208 g/mol. The predicted octanol–water partition coefficient (Wildman–Crippen LogP) is 0.880. The fourth-order valence-electron chi connectivity index (χ4n) is 1.33. The van der Waals surface area contributed by atoms with Gasteiger partial charge in [0.1, 0.15) is 12.2 Å². The minimum Gasteiger partial charge on any atom is -0.459 e. The summed E-state index contributed by atoms with van der Waals surface area (Å²) < 4.78 is 9.97. The number of aliphatic hydroxyl groups is 1. The molecule has 1 heterocycles. The van der Waals surface area contributed by atoms with Crippen molar-refractivity contribution in [1.82, 2.24) is 0 Å². The normalized spacial score (nSPS) is 24.9. The molecular formula is C12H14O4. The zero-order valence-corrected chi connectivity index (χ0v) is 9.05. The molecule has 0 aliphatic carbocycles. The van der Waals surface area contributed by atoms with E-state index in [1.54, 1.807) is 6.92 Å². The van der Waals surface area contributed by atoms with E-state index >= 15 is 0 Å². The first kappa shape index (κ1) is 11.1. The van der Waals surface area contributed by atoms with Crippen molar-refractivity contribution in [2.24, 2.45) is 0 Å². The maximum atomic E-state index is 11.5. The predicted molar refractivity (Wildman–Crippen MR) is 56.6 cm³/mol. The number of epoxide rings is 1. The van der Waals surface area contributed by atoms with Crippen LogP contribution in [0.15, 0.2) is 30.3 Å². The first-order chi connectivity index (χ1) is 7.62. The Morgan fingerprint density at radius 3 is 2.75 bits per heavy atom. The second-order valence-electron chi connectivity index (χ2n) is 4.10. The van der Waals surface area contributed by atoms with Gasteiger partial charge in [0.15, 0.2) is 6.10 Å². The van der Waals surface area contributed by atoms with Gasteiger partial charge in [-0.1, -0.05) is 30.3 Å². The molecule has 1 aliphatic heterocycles. The van der Waals surface area contributed by atoms with Gasteiger partial charge in [0.2, 0.25) is 0 Å². The first-order valence-corrected chi connectivity index (χ1v) is 5.14. The quantitative estimate of drug-likeness (QED) is 0.607. The molecule has 1 aromatic carbocycles. The van der Waals surface area contributed by atoms with E-state index in [-0.39, 0.29) is 6.61 Å². The number of esters is 1. The van der Waals surface area contributed by atoms with Crippen LogP contribution < -0.4 is 0 Å². The molecule has 0 saturated carbocycles. The summed E-state index contributed by atoms with van der Waals surface area (Å²) in [4.78, 5) is 11.5. The van der Waals surface area contributed by atoms with Crippen LogP contribution in [-0.2, 0) is 20.9 Å². The number of rotatable bonds is 4. The molecule has 0 aromatic heterocycles. The Bertz CT molecular complexity index is 370. The largest absolute Gasteiger partial charge is 0.459 e. The summed E-state index contributed by atoms with van der Waals surface area (Å²) in [6, 6.07) is 9.33. The Kier molecular flexibility index (Phi) is 2.94. The summed E-state index contributed by atoms with van der Waals surface area (Å²) in [5, 5.41) is 9.60. The molecule has 0 radical (unpaired) electrons. The second-order valence-corrected chi connectivity index (χ2v) is 4.10. The van der Waals surface area contributed by atoms with Crippen molar-refractivity contribution in [3.8, 4) is 0 Å². The van der Waals surface area contributed by atoms with Crippen molar-refractivity contribution < 1.29 is 19.4 Å². The minimum atomic E-state index is -1.20. The third kappa shape index (κ3) is 2.40. The van der Waals surface area contributed by atoms with Crippen LogP contribution in [0.2, 0.25) is 0 Å². The number of benzene rings is 1. The Balaban J connectivity index is 1.84. The molecule has 0 spiro atoms. The van der Waals surface area contributed by atoms with Gasteiger partial charge in [0.05, 0.1) is 6.61 Å². The highest BCUT2D eigenvalue weighted by molar-refractivity contribution is 5.76. The van der Waals surface area contributed by atoms with Crippen molar-refractivity contribution in [1.29, 1.82) is 0 Å². The molecule has 2 rings (SSSR count). The third-order valence-electron chi connectivity index (χ3n) is 2.63. The molecule has 0 bridgehead atoms. The van der Waals surface area contributed by atoms with Crippen LogP contribution >= 0.6 is 0 Å². The lowest BCUT2D eigenvalue weighted by Gasteiger charge is -2.13. The van der Waals surface area contributed by atoms with Crippen LogP contribution in [0.1, 0.15) is 12.5 Å². The van der Waals surface area contributed by atoms with Crippen molar-refractivity contribution in [3.63, 3.8) is 0 Å². The van der Waals surface area contributed by atoms with E-state index in [1.165, 1.54) is 0 Å². The smallest absolute Gasteiger partial charge is 0.338 e. The average molecular weight is 222 g/mol. The summed E-state index contributed by atoms with van der Waals surface area (Å²) in [6.07, 6.45) is -1.20. The van der Waals surface area contributed by atoms with Crippen LogP contribution in [0.25, 0.3) is 0 Å². The Morgan fingerprint density at radius 1 is 1.56 bits per heavy atom. The summed E-state index contributed by atoms with van der Waals surface area (Å²) in [5.41, 5.74) is 0.151. The van der Waals surface area contributed by atoms with E-state index < -0.39 is 17.7 Å². The number of carbonyl (C=O) groups is 1. The van der Waals surface area contributed by atoms with Crippen molar-refractivity contribution in [2.75, 3.05) is 6.61 Å². The monoisotopic (exact) mass is 222 g/mol. The molecule has 1 fully saturated rings. The molecule has 1 aromatic rings. The van der Waals surface area contributed by atoms with Crippen LogP contribution in [0, 0.1) is 0 Å². The summed E-state index contributed by atoms with van der Waals surface area (Å²) >= 11 is 0. The van der Waals surface area contributed by atoms with Gasteiger partial charge in [-0.25, -0.2) is 4.79 Å². The summed E-state index contributed by atoms with van der Waals surface area (Å²) in [6.45, 7) is 2.25. The zero-order chi connectivity index (χ0) is 11.6. The maximum Gasteiger partial charge on any atom is 0.338 e. The molecule has 16 heavy (non-hydrogen) atoms. The fourth-order valence-corrected chi connectivity index (χ4v) is 1.33. The van der Waals surface area contributed by atoms with Gasteiger partial charge in [0, 0.05) is 0 Å². The van der Waals surface area contributed by atoms with Gasteiger partial charge in [-0.05, 0) is 12.5 Å². The number of hydrogen-bond acceptors (Lipinski definition) is 4. The third-order valence-corrected chi connectivity index (χ3v) is 2.63. The molecule has 1 aliphatic rings.